The summed E-state index contributed by atoms with van der Waals surface area (Å²) in [5, 5.41) is 22.7. The maximum absolute atomic E-state index is 12.6. The monoisotopic (exact) mass is 338 g/mol. The van der Waals surface area contributed by atoms with Crippen LogP contribution in [0.2, 0.25) is 0 Å². The minimum absolute atomic E-state index is 0.137. The number of nitrogens with one attached hydrogen (secondary N) is 1. The molecule has 2 aromatic rings. The van der Waals surface area contributed by atoms with Crippen LogP contribution in [0.25, 0.3) is 0 Å². The molecule has 1 unspecified atom stereocenters. The fraction of sp³-hybridized carbons (Fsp3) is 0.222. The quantitative estimate of drug-likeness (QED) is 0.667. The van der Waals surface area contributed by atoms with E-state index in [1.54, 1.807) is 49.3 Å². The largest absolute Gasteiger partial charge is 0.377 e. The molecule has 1 N–H and O–H groups in total. The van der Waals surface area contributed by atoms with Gasteiger partial charge in [0.05, 0.1) is 28.2 Å². The van der Waals surface area contributed by atoms with Gasteiger partial charge in [0.2, 0.25) is 0 Å². The highest BCUT2D eigenvalue weighted by atomic mass is 16.6. The second kappa shape index (κ2) is 7.45. The summed E-state index contributed by atoms with van der Waals surface area (Å²) in [5.41, 5.74) is 2.07. The highest BCUT2D eigenvalue weighted by Gasteiger charge is 2.19. The average molecular weight is 338 g/mol. The summed E-state index contributed by atoms with van der Waals surface area (Å²) in [6.07, 6.45) is 0. The van der Waals surface area contributed by atoms with Gasteiger partial charge in [0.25, 0.3) is 11.6 Å². The van der Waals surface area contributed by atoms with Gasteiger partial charge in [-0.1, -0.05) is 12.1 Å². The van der Waals surface area contributed by atoms with Gasteiger partial charge < -0.3 is 10.2 Å². The summed E-state index contributed by atoms with van der Waals surface area (Å²) in [7, 11) is 3.53. The number of benzene rings is 2. The predicted molar refractivity (Wildman–Crippen MR) is 94.5 cm³/mol. The first-order valence-electron chi connectivity index (χ1n) is 7.60. The summed E-state index contributed by atoms with van der Waals surface area (Å²) < 4.78 is 0. The minimum Gasteiger partial charge on any atom is -0.377 e. The molecule has 0 spiro atoms. The molecule has 0 aromatic heterocycles. The SMILES string of the molecule is CC(NC(=O)c1cc([N+](=O)[O-])ccc1N(C)C)c1ccc(C#N)cc1. The maximum atomic E-state index is 12.6. The average Bonchev–Trinajstić information content (AvgIpc) is 2.60. The van der Waals surface area contributed by atoms with E-state index in [1.807, 2.05) is 13.0 Å². The molecule has 0 aliphatic carbocycles. The molecule has 0 saturated heterocycles. The summed E-state index contributed by atoms with van der Waals surface area (Å²) in [4.78, 5) is 24.8. The number of hydrogen-bond donors (Lipinski definition) is 1. The Morgan fingerprint density at radius 2 is 1.88 bits per heavy atom. The van der Waals surface area contributed by atoms with E-state index in [2.05, 4.69) is 5.32 Å². The van der Waals surface area contributed by atoms with E-state index in [-0.39, 0.29) is 17.3 Å². The number of hydrogen-bond acceptors (Lipinski definition) is 5. The van der Waals surface area contributed by atoms with Crippen molar-refractivity contribution in [3.63, 3.8) is 0 Å². The zero-order valence-corrected chi connectivity index (χ0v) is 14.2. The van der Waals surface area contributed by atoms with E-state index in [0.717, 1.165) is 5.56 Å². The molecule has 1 amide bonds. The van der Waals surface area contributed by atoms with Crippen LogP contribution in [0.4, 0.5) is 11.4 Å². The molecule has 0 heterocycles. The number of nitro groups is 1. The highest BCUT2D eigenvalue weighted by Crippen LogP contribution is 2.25. The Morgan fingerprint density at radius 3 is 2.40 bits per heavy atom. The first-order valence-corrected chi connectivity index (χ1v) is 7.60. The molecule has 2 aromatic carbocycles. The number of nitro benzene ring substituents is 1. The van der Waals surface area contributed by atoms with Crippen LogP contribution < -0.4 is 10.2 Å². The minimum atomic E-state index is -0.528. The van der Waals surface area contributed by atoms with Gasteiger partial charge in [-0.15, -0.1) is 0 Å². The number of rotatable bonds is 5. The Kier molecular flexibility index (Phi) is 5.35. The zero-order valence-electron chi connectivity index (χ0n) is 14.2. The third kappa shape index (κ3) is 4.12. The van der Waals surface area contributed by atoms with Crippen molar-refractivity contribution in [2.24, 2.45) is 0 Å². The number of carbonyl (C=O) groups is 1. The molecule has 1 atom stereocenters. The zero-order chi connectivity index (χ0) is 18.6. The van der Waals surface area contributed by atoms with Crippen molar-refractivity contribution in [2.45, 2.75) is 13.0 Å². The first-order chi connectivity index (χ1) is 11.8. The number of non-ortho nitro benzene ring substituents is 1. The molecule has 0 saturated carbocycles. The molecule has 0 radical (unpaired) electrons. The lowest BCUT2D eigenvalue weighted by Gasteiger charge is -2.19. The van der Waals surface area contributed by atoms with E-state index >= 15 is 0 Å². The topological polar surface area (TPSA) is 99.3 Å². The van der Waals surface area contributed by atoms with Crippen molar-refractivity contribution in [3.05, 3.63) is 69.3 Å². The van der Waals surface area contributed by atoms with E-state index < -0.39 is 10.8 Å². The van der Waals surface area contributed by atoms with E-state index in [0.29, 0.717) is 11.3 Å². The lowest BCUT2D eigenvalue weighted by Crippen LogP contribution is -2.28. The third-order valence-electron chi connectivity index (χ3n) is 3.80. The fourth-order valence-corrected chi connectivity index (χ4v) is 2.41. The van der Waals surface area contributed by atoms with Crippen LogP contribution in [0, 0.1) is 21.4 Å². The highest BCUT2D eigenvalue weighted by molar-refractivity contribution is 6.00. The summed E-state index contributed by atoms with van der Waals surface area (Å²) in [6, 6.07) is 12.8. The molecule has 0 fully saturated rings. The van der Waals surface area contributed by atoms with Gasteiger partial charge in [-0.3, -0.25) is 14.9 Å². The summed E-state index contributed by atoms with van der Waals surface area (Å²) in [5.74, 6) is -0.399. The molecular weight excluding hydrogens is 320 g/mol. The molecule has 25 heavy (non-hydrogen) atoms. The number of carbonyl (C=O) groups excluding carboxylic acids is 1. The molecule has 7 nitrogen and oxygen atoms in total. The van der Waals surface area contributed by atoms with Gasteiger partial charge in [0, 0.05) is 31.9 Å². The van der Waals surface area contributed by atoms with Crippen molar-refractivity contribution in [2.75, 3.05) is 19.0 Å². The fourth-order valence-electron chi connectivity index (χ4n) is 2.41. The third-order valence-corrected chi connectivity index (χ3v) is 3.80. The van der Waals surface area contributed by atoms with Crippen molar-refractivity contribution < 1.29 is 9.72 Å². The van der Waals surface area contributed by atoms with Crippen LogP contribution in [0.5, 0.6) is 0 Å². The van der Waals surface area contributed by atoms with Crippen LogP contribution in [0.1, 0.15) is 34.5 Å². The summed E-state index contributed by atoms with van der Waals surface area (Å²) in [6.45, 7) is 1.81. The first kappa shape index (κ1) is 17.9. The Labute approximate surface area is 145 Å². The summed E-state index contributed by atoms with van der Waals surface area (Å²) >= 11 is 0. The molecule has 0 aliphatic rings. The van der Waals surface area contributed by atoms with Crippen molar-refractivity contribution in [1.82, 2.24) is 5.32 Å². The van der Waals surface area contributed by atoms with Gasteiger partial charge in [0.1, 0.15) is 0 Å². The Balaban J connectivity index is 2.28. The molecule has 2 rings (SSSR count). The standard InChI is InChI=1S/C18H18N4O3/c1-12(14-6-4-13(11-19)5-7-14)20-18(23)16-10-15(22(24)25)8-9-17(16)21(2)3/h4-10,12H,1-3H3,(H,20,23). The van der Waals surface area contributed by atoms with Gasteiger partial charge >= 0.3 is 0 Å². The van der Waals surface area contributed by atoms with Gasteiger partial charge in [0.15, 0.2) is 0 Å². The second-order valence-corrected chi connectivity index (χ2v) is 5.78. The predicted octanol–water partition coefficient (Wildman–Crippen LogP) is 3.02. The molecule has 0 aliphatic heterocycles. The molecule has 0 bridgehead atoms. The van der Waals surface area contributed by atoms with Crippen LogP contribution in [0.3, 0.4) is 0 Å². The van der Waals surface area contributed by atoms with Crippen LogP contribution in [-0.4, -0.2) is 24.9 Å². The number of amides is 1. The van der Waals surface area contributed by atoms with E-state index in [1.165, 1.54) is 12.1 Å². The van der Waals surface area contributed by atoms with Gasteiger partial charge in [-0.25, -0.2) is 0 Å². The van der Waals surface area contributed by atoms with Crippen molar-refractivity contribution in [3.8, 4) is 6.07 Å². The molecular formula is C18H18N4O3. The van der Waals surface area contributed by atoms with E-state index in [4.69, 9.17) is 5.26 Å². The smallest absolute Gasteiger partial charge is 0.270 e. The lowest BCUT2D eigenvalue weighted by molar-refractivity contribution is -0.384. The van der Waals surface area contributed by atoms with Crippen molar-refractivity contribution in [1.29, 1.82) is 5.26 Å². The second-order valence-electron chi connectivity index (χ2n) is 5.78. The number of nitrogens with zero attached hydrogens (tertiary/aromatic N) is 3. The Bertz CT molecular complexity index is 838. The normalized spacial score (nSPS) is 11.3. The lowest BCUT2D eigenvalue weighted by atomic mass is 10.1. The molecule has 128 valence electrons. The Morgan fingerprint density at radius 1 is 1.24 bits per heavy atom. The Hall–Kier alpha value is -3.40. The number of anilines is 1. The van der Waals surface area contributed by atoms with Crippen molar-refractivity contribution >= 4 is 17.3 Å². The maximum Gasteiger partial charge on any atom is 0.270 e. The van der Waals surface area contributed by atoms with Gasteiger partial charge in [-0.2, -0.15) is 5.26 Å². The van der Waals surface area contributed by atoms with Crippen LogP contribution in [-0.2, 0) is 0 Å². The van der Waals surface area contributed by atoms with E-state index in [9.17, 15) is 14.9 Å². The number of nitriles is 1. The molecule has 7 heteroatoms. The van der Waals surface area contributed by atoms with Crippen LogP contribution in [0.15, 0.2) is 42.5 Å². The van der Waals surface area contributed by atoms with Gasteiger partial charge in [-0.05, 0) is 30.7 Å². The van der Waals surface area contributed by atoms with Crippen LogP contribution >= 0.6 is 0 Å².